The van der Waals surface area contributed by atoms with Gasteiger partial charge in [-0.25, -0.2) is 17.8 Å². The molecule has 1 atom stereocenters. The number of nitrogens with zero attached hydrogens (tertiary/aromatic N) is 2. The number of anilines is 1. The van der Waals surface area contributed by atoms with Gasteiger partial charge in [-0.15, -0.1) is 0 Å². The fourth-order valence-corrected chi connectivity index (χ4v) is 4.36. The minimum atomic E-state index is -3.64. The number of aliphatic imine (C=N–C) groups is 1. The lowest BCUT2D eigenvalue weighted by Crippen LogP contribution is -2.50. The number of amides is 1. The molecule has 1 aliphatic rings. The molecule has 10 heteroatoms. The molecule has 0 saturated carbocycles. The number of sulfone groups is 1. The summed E-state index contributed by atoms with van der Waals surface area (Å²) in [6, 6.07) is 2.87. The number of oxazole rings is 1. The summed E-state index contributed by atoms with van der Waals surface area (Å²) >= 11 is 0. The predicted molar refractivity (Wildman–Crippen MR) is 103 cm³/mol. The van der Waals surface area contributed by atoms with Crippen molar-refractivity contribution >= 4 is 27.3 Å². The van der Waals surface area contributed by atoms with E-state index in [0.29, 0.717) is 11.7 Å². The van der Waals surface area contributed by atoms with Crippen LogP contribution in [0.5, 0.6) is 0 Å². The minimum absolute atomic E-state index is 0.0351. The van der Waals surface area contributed by atoms with Crippen molar-refractivity contribution in [2.75, 3.05) is 11.1 Å². The molecule has 28 heavy (non-hydrogen) atoms. The van der Waals surface area contributed by atoms with Gasteiger partial charge in [-0.2, -0.15) is 0 Å². The van der Waals surface area contributed by atoms with Crippen molar-refractivity contribution in [3.63, 3.8) is 0 Å². The van der Waals surface area contributed by atoms with Crippen molar-refractivity contribution in [2.45, 2.75) is 38.5 Å². The summed E-state index contributed by atoms with van der Waals surface area (Å²) in [5.41, 5.74) is 6.27. The van der Waals surface area contributed by atoms with Crippen molar-refractivity contribution in [2.24, 2.45) is 10.7 Å². The number of hydrogen-bond acceptors (Lipinski definition) is 7. The highest BCUT2D eigenvalue weighted by Crippen LogP contribution is 2.34. The molecule has 8 nitrogen and oxygen atoms in total. The van der Waals surface area contributed by atoms with Crippen molar-refractivity contribution in [3.05, 3.63) is 46.9 Å². The Labute approximate surface area is 162 Å². The zero-order valence-corrected chi connectivity index (χ0v) is 16.7. The molecule has 0 spiro atoms. The van der Waals surface area contributed by atoms with Gasteiger partial charge in [0.15, 0.2) is 21.4 Å². The van der Waals surface area contributed by atoms with Crippen molar-refractivity contribution in [1.29, 1.82) is 0 Å². The summed E-state index contributed by atoms with van der Waals surface area (Å²) in [6.45, 7) is 6.16. The molecule has 0 fully saturated rings. The summed E-state index contributed by atoms with van der Waals surface area (Å²) in [5.74, 6) is -0.907. The van der Waals surface area contributed by atoms with Crippen LogP contribution >= 0.6 is 0 Å². The molecule has 1 aliphatic heterocycles. The maximum Gasteiger partial charge on any atom is 0.277 e. The van der Waals surface area contributed by atoms with Crippen molar-refractivity contribution in [3.8, 4) is 0 Å². The number of amidine groups is 1. The van der Waals surface area contributed by atoms with Gasteiger partial charge in [-0.1, -0.05) is 0 Å². The third-order valence-electron chi connectivity index (χ3n) is 4.80. The second-order valence-electron chi connectivity index (χ2n) is 7.15. The lowest BCUT2D eigenvalue weighted by molar-refractivity contribution is 0.102. The van der Waals surface area contributed by atoms with E-state index in [-0.39, 0.29) is 28.5 Å². The number of carbonyl (C=O) groups excluding carboxylic acids is 1. The van der Waals surface area contributed by atoms with Crippen LogP contribution in [0.2, 0.25) is 0 Å². The van der Waals surface area contributed by atoms with Gasteiger partial charge >= 0.3 is 0 Å². The maximum atomic E-state index is 14.4. The van der Waals surface area contributed by atoms with E-state index in [1.165, 1.54) is 26.0 Å². The first-order valence-electron chi connectivity index (χ1n) is 8.53. The third-order valence-corrected chi connectivity index (χ3v) is 7.32. The first-order valence-corrected chi connectivity index (χ1v) is 10.2. The van der Waals surface area contributed by atoms with E-state index in [0.717, 1.165) is 6.07 Å². The highest BCUT2D eigenvalue weighted by atomic mass is 32.2. The maximum absolute atomic E-state index is 14.4. The van der Waals surface area contributed by atoms with E-state index < -0.39 is 32.4 Å². The molecule has 3 N–H and O–H groups in total. The summed E-state index contributed by atoms with van der Waals surface area (Å²) < 4.78 is 43.4. The number of halogens is 1. The Bertz CT molecular complexity index is 1090. The molecule has 2 aromatic rings. The first kappa shape index (κ1) is 20.0. The number of aromatic nitrogens is 1. The lowest BCUT2D eigenvalue weighted by Gasteiger charge is -2.31. The lowest BCUT2D eigenvalue weighted by atomic mass is 10.1. The van der Waals surface area contributed by atoms with Crippen LogP contribution in [0.25, 0.3) is 0 Å². The van der Waals surface area contributed by atoms with E-state index in [1.54, 1.807) is 13.8 Å². The smallest absolute Gasteiger partial charge is 0.277 e. The van der Waals surface area contributed by atoms with Crippen LogP contribution in [-0.2, 0) is 9.84 Å². The SMILES string of the molecule is Cc1nc(C(=O)Nc2ccc(F)c(C3CS(=O)(=O)C(C)(C)C(N)=N3)c2)c(C)o1. The fourth-order valence-electron chi connectivity index (χ4n) is 2.90. The van der Waals surface area contributed by atoms with E-state index in [2.05, 4.69) is 15.3 Å². The molecular formula is C18H21FN4O4S. The Balaban J connectivity index is 1.94. The zero-order valence-electron chi connectivity index (χ0n) is 15.9. The number of hydrogen-bond donors (Lipinski definition) is 2. The number of rotatable bonds is 3. The molecule has 1 aromatic carbocycles. The third kappa shape index (κ3) is 3.39. The molecule has 150 valence electrons. The average molecular weight is 408 g/mol. The van der Waals surface area contributed by atoms with Gasteiger partial charge in [0.05, 0.1) is 11.8 Å². The molecule has 0 radical (unpaired) electrons. The highest BCUT2D eigenvalue weighted by Gasteiger charge is 2.44. The average Bonchev–Trinajstić information content (AvgIpc) is 2.93. The summed E-state index contributed by atoms with van der Waals surface area (Å²) in [4.78, 5) is 20.6. The summed E-state index contributed by atoms with van der Waals surface area (Å²) in [5, 5.41) is 2.61. The van der Waals surface area contributed by atoms with Crippen LogP contribution in [0, 0.1) is 19.7 Å². The van der Waals surface area contributed by atoms with E-state index in [4.69, 9.17) is 10.2 Å². The molecule has 0 bridgehead atoms. The Morgan fingerprint density at radius 2 is 2.04 bits per heavy atom. The van der Waals surface area contributed by atoms with Gasteiger partial charge in [0, 0.05) is 18.2 Å². The van der Waals surface area contributed by atoms with Crippen LogP contribution < -0.4 is 11.1 Å². The molecule has 1 amide bonds. The van der Waals surface area contributed by atoms with Gasteiger partial charge in [0.1, 0.15) is 22.2 Å². The van der Waals surface area contributed by atoms with E-state index in [1.807, 2.05) is 0 Å². The van der Waals surface area contributed by atoms with Crippen LogP contribution in [0.3, 0.4) is 0 Å². The number of carbonyl (C=O) groups is 1. The van der Waals surface area contributed by atoms with Crippen molar-refractivity contribution < 1.29 is 22.0 Å². The highest BCUT2D eigenvalue weighted by molar-refractivity contribution is 7.93. The number of nitrogens with two attached hydrogens (primary N) is 1. The van der Waals surface area contributed by atoms with Gasteiger partial charge < -0.3 is 15.5 Å². The molecule has 1 aromatic heterocycles. The topological polar surface area (TPSA) is 128 Å². The monoisotopic (exact) mass is 408 g/mol. The molecular weight excluding hydrogens is 387 g/mol. The number of benzene rings is 1. The Morgan fingerprint density at radius 3 is 2.61 bits per heavy atom. The summed E-state index contributed by atoms with van der Waals surface area (Å²) in [7, 11) is -3.64. The normalized spacial score (nSPS) is 20.5. The van der Waals surface area contributed by atoms with E-state index in [9.17, 15) is 17.6 Å². The Morgan fingerprint density at radius 1 is 1.36 bits per heavy atom. The molecule has 3 rings (SSSR count). The molecule has 2 heterocycles. The summed E-state index contributed by atoms with van der Waals surface area (Å²) in [6.07, 6.45) is 0. The van der Waals surface area contributed by atoms with Gasteiger partial charge in [-0.05, 0) is 39.0 Å². The van der Waals surface area contributed by atoms with Gasteiger partial charge in [-0.3, -0.25) is 9.79 Å². The number of aryl methyl sites for hydroxylation is 2. The van der Waals surface area contributed by atoms with Crippen LogP contribution in [0.4, 0.5) is 10.1 Å². The zero-order chi connectivity index (χ0) is 20.9. The fraction of sp³-hybridized carbons (Fsp3) is 0.389. The quantitative estimate of drug-likeness (QED) is 0.802. The van der Waals surface area contributed by atoms with E-state index >= 15 is 0 Å². The Kier molecular flexibility index (Phi) is 4.78. The van der Waals surface area contributed by atoms with Crippen LogP contribution in [-0.4, -0.2) is 35.6 Å². The minimum Gasteiger partial charge on any atom is -0.445 e. The van der Waals surface area contributed by atoms with Crippen molar-refractivity contribution in [1.82, 2.24) is 4.98 Å². The number of nitrogens with one attached hydrogen (secondary N) is 1. The van der Waals surface area contributed by atoms with Gasteiger partial charge in [0.25, 0.3) is 5.91 Å². The standard InChI is InChI=1S/C18H21FN4O4S/c1-9-15(21-10(2)27-9)16(24)22-11-5-6-13(19)12(7-11)14-8-28(25,26)18(3,4)17(20)23-14/h5-7,14H,8H2,1-4H3,(H2,20,23)(H,22,24). The van der Waals surface area contributed by atoms with Crippen LogP contribution in [0.1, 0.15) is 47.6 Å². The van der Waals surface area contributed by atoms with Crippen LogP contribution in [0.15, 0.2) is 27.6 Å². The van der Waals surface area contributed by atoms with Gasteiger partial charge in [0.2, 0.25) is 0 Å². The second-order valence-corrected chi connectivity index (χ2v) is 9.73. The Hall–Kier alpha value is -2.75. The molecule has 0 saturated heterocycles. The second kappa shape index (κ2) is 6.69. The molecule has 1 unspecified atom stereocenters. The predicted octanol–water partition coefficient (Wildman–Crippen LogP) is 2.29. The molecule has 0 aliphatic carbocycles. The first-order chi connectivity index (χ1) is 12.9. The largest absolute Gasteiger partial charge is 0.445 e.